The van der Waals surface area contributed by atoms with Gasteiger partial charge in [-0.1, -0.05) is 36.3 Å². The van der Waals surface area contributed by atoms with Gasteiger partial charge in [0.15, 0.2) is 0 Å². The van der Waals surface area contributed by atoms with Crippen LogP contribution in [0.5, 0.6) is 0 Å². The van der Waals surface area contributed by atoms with Gasteiger partial charge >= 0.3 is 0 Å². The van der Waals surface area contributed by atoms with Crippen LogP contribution in [0.2, 0.25) is 0 Å². The highest BCUT2D eigenvalue weighted by molar-refractivity contribution is 5.94. The van der Waals surface area contributed by atoms with Crippen LogP contribution in [0, 0.1) is 12.3 Å². The van der Waals surface area contributed by atoms with Crippen molar-refractivity contribution in [1.82, 2.24) is 5.32 Å². The summed E-state index contributed by atoms with van der Waals surface area (Å²) in [5.74, 6) is 2.26. The molecule has 100 valence electrons. The van der Waals surface area contributed by atoms with Gasteiger partial charge in [0.25, 0.3) is 5.91 Å². The van der Waals surface area contributed by atoms with E-state index >= 15 is 0 Å². The zero-order chi connectivity index (χ0) is 14.4. The number of hydrogen-bond donors (Lipinski definition) is 2. The summed E-state index contributed by atoms with van der Waals surface area (Å²) >= 11 is 0. The van der Waals surface area contributed by atoms with Crippen molar-refractivity contribution in [3.05, 3.63) is 71.3 Å². The maximum Gasteiger partial charge on any atom is 0.251 e. The maximum absolute atomic E-state index is 11.9. The van der Waals surface area contributed by atoms with Crippen molar-refractivity contribution >= 4 is 5.91 Å². The Bertz CT molecular complexity index is 612. The molecule has 20 heavy (non-hydrogen) atoms. The Kier molecular flexibility index (Phi) is 4.54. The lowest BCUT2D eigenvalue weighted by Crippen LogP contribution is -2.28. The molecule has 2 N–H and O–H groups in total. The van der Waals surface area contributed by atoms with E-state index in [1.807, 2.05) is 30.3 Å². The smallest absolute Gasteiger partial charge is 0.251 e. The lowest BCUT2D eigenvalue weighted by molar-refractivity contribution is 0.0916. The predicted octanol–water partition coefficient (Wildman–Crippen LogP) is 2.13. The van der Waals surface area contributed by atoms with Crippen molar-refractivity contribution in [2.75, 3.05) is 6.54 Å². The summed E-state index contributed by atoms with van der Waals surface area (Å²) in [7, 11) is 0. The fourth-order valence-electron chi connectivity index (χ4n) is 1.80. The number of aliphatic hydroxyl groups excluding tert-OH is 1. The predicted molar refractivity (Wildman–Crippen MR) is 78.1 cm³/mol. The molecule has 0 saturated carbocycles. The van der Waals surface area contributed by atoms with Crippen LogP contribution < -0.4 is 5.32 Å². The number of aliphatic hydroxyl groups is 1. The van der Waals surface area contributed by atoms with Crippen molar-refractivity contribution < 1.29 is 9.90 Å². The van der Waals surface area contributed by atoms with Crippen molar-refractivity contribution in [3.63, 3.8) is 0 Å². The first-order valence-electron chi connectivity index (χ1n) is 6.28. The molecule has 2 aromatic carbocycles. The van der Waals surface area contributed by atoms with Gasteiger partial charge in [-0.05, 0) is 29.8 Å². The molecule has 3 nitrogen and oxygen atoms in total. The molecule has 3 heteroatoms. The molecule has 0 heterocycles. The third-order valence-electron chi connectivity index (χ3n) is 2.95. The standard InChI is InChI=1S/C17H15NO2/c1-2-13-8-10-15(11-9-13)17(20)18-12-16(19)14-6-4-3-5-7-14/h1,3-11,16,19H,12H2,(H,18,20). The minimum Gasteiger partial charge on any atom is -0.387 e. The fourth-order valence-corrected chi connectivity index (χ4v) is 1.80. The van der Waals surface area contributed by atoms with E-state index in [1.165, 1.54) is 0 Å². The van der Waals surface area contributed by atoms with Gasteiger partial charge in [-0.15, -0.1) is 6.42 Å². The van der Waals surface area contributed by atoms with E-state index in [2.05, 4.69) is 11.2 Å². The molecule has 0 aliphatic heterocycles. The number of terminal acetylenes is 1. The Morgan fingerprint density at radius 3 is 2.40 bits per heavy atom. The van der Waals surface area contributed by atoms with Crippen molar-refractivity contribution in [2.45, 2.75) is 6.10 Å². The summed E-state index contributed by atoms with van der Waals surface area (Å²) < 4.78 is 0. The van der Waals surface area contributed by atoms with Crippen LogP contribution >= 0.6 is 0 Å². The molecule has 0 fully saturated rings. The van der Waals surface area contributed by atoms with E-state index in [1.54, 1.807) is 24.3 Å². The summed E-state index contributed by atoms with van der Waals surface area (Å²) in [5.41, 5.74) is 2.02. The highest BCUT2D eigenvalue weighted by Crippen LogP contribution is 2.11. The van der Waals surface area contributed by atoms with Gasteiger partial charge in [0.2, 0.25) is 0 Å². The molecule has 2 aromatic rings. The van der Waals surface area contributed by atoms with Crippen LogP contribution in [-0.2, 0) is 0 Å². The molecule has 2 rings (SSSR count). The van der Waals surface area contributed by atoms with Crippen molar-refractivity contribution in [1.29, 1.82) is 0 Å². The van der Waals surface area contributed by atoms with Gasteiger partial charge < -0.3 is 10.4 Å². The topological polar surface area (TPSA) is 49.3 Å². The fraction of sp³-hybridized carbons (Fsp3) is 0.118. The molecule has 1 atom stereocenters. The van der Waals surface area contributed by atoms with Crippen LogP contribution in [0.25, 0.3) is 0 Å². The first kappa shape index (κ1) is 13.9. The summed E-state index contributed by atoms with van der Waals surface area (Å²) in [4.78, 5) is 11.9. The number of benzene rings is 2. The van der Waals surface area contributed by atoms with Crippen LogP contribution in [0.4, 0.5) is 0 Å². The number of carbonyl (C=O) groups excluding carboxylic acids is 1. The second-order valence-electron chi connectivity index (χ2n) is 4.36. The van der Waals surface area contributed by atoms with E-state index in [-0.39, 0.29) is 12.5 Å². The number of carbonyl (C=O) groups is 1. The monoisotopic (exact) mass is 265 g/mol. The average molecular weight is 265 g/mol. The van der Waals surface area contributed by atoms with Crippen molar-refractivity contribution in [3.8, 4) is 12.3 Å². The lowest BCUT2D eigenvalue weighted by Gasteiger charge is -2.12. The molecule has 0 radical (unpaired) electrons. The Balaban J connectivity index is 1.93. The third-order valence-corrected chi connectivity index (χ3v) is 2.95. The minimum atomic E-state index is -0.717. The zero-order valence-corrected chi connectivity index (χ0v) is 10.9. The summed E-state index contributed by atoms with van der Waals surface area (Å²) in [6, 6.07) is 16.0. The number of nitrogens with one attached hydrogen (secondary N) is 1. The van der Waals surface area contributed by atoms with E-state index in [0.717, 1.165) is 11.1 Å². The SMILES string of the molecule is C#Cc1ccc(C(=O)NCC(O)c2ccccc2)cc1. The van der Waals surface area contributed by atoms with E-state index in [0.29, 0.717) is 5.56 Å². The van der Waals surface area contributed by atoms with Gasteiger partial charge in [-0.3, -0.25) is 4.79 Å². The van der Waals surface area contributed by atoms with Crippen LogP contribution in [-0.4, -0.2) is 17.6 Å². The molecule has 0 aliphatic carbocycles. The van der Waals surface area contributed by atoms with Crippen LogP contribution in [0.3, 0.4) is 0 Å². The van der Waals surface area contributed by atoms with Crippen LogP contribution in [0.15, 0.2) is 54.6 Å². The second kappa shape index (κ2) is 6.55. The maximum atomic E-state index is 11.9. The molecule has 1 amide bonds. The highest BCUT2D eigenvalue weighted by Gasteiger charge is 2.10. The van der Waals surface area contributed by atoms with Crippen molar-refractivity contribution in [2.24, 2.45) is 0 Å². The van der Waals surface area contributed by atoms with Gasteiger partial charge in [-0.2, -0.15) is 0 Å². The van der Waals surface area contributed by atoms with Crippen LogP contribution in [0.1, 0.15) is 27.6 Å². The molecule has 1 unspecified atom stereocenters. The lowest BCUT2D eigenvalue weighted by atomic mass is 10.1. The summed E-state index contributed by atoms with van der Waals surface area (Å²) in [6.07, 6.45) is 4.54. The molecule has 0 saturated heterocycles. The Morgan fingerprint density at radius 2 is 1.80 bits per heavy atom. The van der Waals surface area contributed by atoms with Gasteiger partial charge in [0, 0.05) is 17.7 Å². The highest BCUT2D eigenvalue weighted by atomic mass is 16.3. The summed E-state index contributed by atoms with van der Waals surface area (Å²) in [5, 5.41) is 12.7. The molecule has 0 spiro atoms. The minimum absolute atomic E-state index is 0.166. The molecular weight excluding hydrogens is 250 g/mol. The number of amides is 1. The average Bonchev–Trinajstić information content (AvgIpc) is 2.53. The molecule has 0 bridgehead atoms. The van der Waals surface area contributed by atoms with Gasteiger partial charge in [-0.25, -0.2) is 0 Å². The van der Waals surface area contributed by atoms with Gasteiger partial charge in [0.1, 0.15) is 0 Å². The normalized spacial score (nSPS) is 11.4. The largest absolute Gasteiger partial charge is 0.387 e. The Labute approximate surface area is 118 Å². The van der Waals surface area contributed by atoms with E-state index < -0.39 is 6.10 Å². The number of rotatable bonds is 4. The molecular formula is C17H15NO2. The first-order chi connectivity index (χ1) is 9.70. The molecule has 0 aliphatic rings. The molecule has 0 aromatic heterocycles. The Hall–Kier alpha value is -2.57. The van der Waals surface area contributed by atoms with E-state index in [4.69, 9.17) is 6.42 Å². The van der Waals surface area contributed by atoms with Gasteiger partial charge in [0.05, 0.1) is 6.10 Å². The second-order valence-corrected chi connectivity index (χ2v) is 4.36. The zero-order valence-electron chi connectivity index (χ0n) is 10.9. The quantitative estimate of drug-likeness (QED) is 0.832. The number of hydrogen-bond acceptors (Lipinski definition) is 2. The Morgan fingerprint density at radius 1 is 1.15 bits per heavy atom. The van der Waals surface area contributed by atoms with E-state index in [9.17, 15) is 9.90 Å². The summed E-state index contributed by atoms with van der Waals surface area (Å²) in [6.45, 7) is 0.166. The first-order valence-corrected chi connectivity index (χ1v) is 6.28. The third kappa shape index (κ3) is 3.47.